The zero-order valence-electron chi connectivity index (χ0n) is 17.3. The van der Waals surface area contributed by atoms with Crippen LogP contribution in [0, 0.1) is 0 Å². The lowest BCUT2D eigenvalue weighted by Gasteiger charge is -2.12. The number of hydrogen-bond acceptors (Lipinski definition) is 6. The number of esters is 1. The first-order valence-electron chi connectivity index (χ1n) is 9.55. The summed E-state index contributed by atoms with van der Waals surface area (Å²) in [5.74, 6) is 0.730. The number of rotatable bonds is 9. The fraction of sp³-hybridized carbons (Fsp3) is 0.167. The van der Waals surface area contributed by atoms with Crippen molar-refractivity contribution in [3.63, 3.8) is 0 Å². The second-order valence-electron chi connectivity index (χ2n) is 6.49. The number of nitrogens with one attached hydrogen (secondary N) is 1. The Morgan fingerprint density at radius 3 is 2.26 bits per heavy atom. The van der Waals surface area contributed by atoms with Crippen molar-refractivity contribution in [2.24, 2.45) is 0 Å². The molecule has 1 N–H and O–H groups in total. The van der Waals surface area contributed by atoms with Gasteiger partial charge in [-0.2, -0.15) is 0 Å². The van der Waals surface area contributed by atoms with Crippen LogP contribution >= 0.6 is 0 Å². The zero-order chi connectivity index (χ0) is 22.1. The number of amides is 1. The summed E-state index contributed by atoms with van der Waals surface area (Å²) in [4.78, 5) is 24.4. The van der Waals surface area contributed by atoms with Gasteiger partial charge in [0.05, 0.1) is 25.5 Å². The molecule has 3 aromatic rings. The Hall–Kier alpha value is -4.00. The van der Waals surface area contributed by atoms with E-state index in [0.29, 0.717) is 29.4 Å². The average molecular weight is 421 g/mol. The molecule has 0 radical (unpaired) electrons. The van der Waals surface area contributed by atoms with Crippen LogP contribution in [-0.2, 0) is 16.1 Å². The quantitative estimate of drug-likeness (QED) is 0.524. The Morgan fingerprint density at radius 1 is 0.839 bits per heavy atom. The fourth-order valence-electron chi connectivity index (χ4n) is 2.72. The van der Waals surface area contributed by atoms with Crippen molar-refractivity contribution in [2.45, 2.75) is 6.61 Å². The van der Waals surface area contributed by atoms with E-state index >= 15 is 0 Å². The van der Waals surface area contributed by atoms with Gasteiger partial charge in [0, 0.05) is 6.07 Å². The van der Waals surface area contributed by atoms with Gasteiger partial charge in [0.15, 0.2) is 6.61 Å². The topological polar surface area (TPSA) is 83.1 Å². The molecule has 0 fully saturated rings. The molecule has 0 bridgehead atoms. The molecule has 7 nitrogen and oxygen atoms in total. The number of para-hydroxylation sites is 1. The average Bonchev–Trinajstić information content (AvgIpc) is 2.82. The van der Waals surface area contributed by atoms with Gasteiger partial charge in [-0.3, -0.25) is 4.79 Å². The first-order valence-corrected chi connectivity index (χ1v) is 9.55. The summed E-state index contributed by atoms with van der Waals surface area (Å²) in [5.41, 5.74) is 1.70. The van der Waals surface area contributed by atoms with Crippen LogP contribution in [0.3, 0.4) is 0 Å². The largest absolute Gasteiger partial charge is 0.497 e. The van der Waals surface area contributed by atoms with Crippen LogP contribution in [0.5, 0.6) is 17.2 Å². The lowest BCUT2D eigenvalue weighted by atomic mass is 10.1. The van der Waals surface area contributed by atoms with Gasteiger partial charge < -0.3 is 24.3 Å². The maximum absolute atomic E-state index is 12.2. The molecular weight excluding hydrogens is 398 g/mol. The Labute approximate surface area is 180 Å². The maximum atomic E-state index is 12.2. The van der Waals surface area contributed by atoms with Gasteiger partial charge in [-0.05, 0) is 42.0 Å². The Morgan fingerprint density at radius 2 is 1.58 bits per heavy atom. The predicted molar refractivity (Wildman–Crippen MR) is 116 cm³/mol. The van der Waals surface area contributed by atoms with Gasteiger partial charge in [0.2, 0.25) is 0 Å². The molecule has 0 saturated carbocycles. The van der Waals surface area contributed by atoms with E-state index in [1.165, 1.54) is 14.2 Å². The van der Waals surface area contributed by atoms with E-state index in [1.54, 1.807) is 42.5 Å². The summed E-state index contributed by atoms with van der Waals surface area (Å²) in [6.45, 7) is -0.0433. The third-order valence-electron chi connectivity index (χ3n) is 4.36. The molecule has 3 rings (SSSR count). The Bertz CT molecular complexity index is 1020. The van der Waals surface area contributed by atoms with Gasteiger partial charge in [-0.1, -0.05) is 30.3 Å². The van der Waals surface area contributed by atoms with Crippen LogP contribution in [0.15, 0.2) is 72.8 Å². The van der Waals surface area contributed by atoms with Gasteiger partial charge in [0.25, 0.3) is 5.91 Å². The maximum Gasteiger partial charge on any atom is 0.338 e. The van der Waals surface area contributed by atoms with Crippen LogP contribution in [0.4, 0.5) is 5.69 Å². The van der Waals surface area contributed by atoms with Gasteiger partial charge in [-0.25, -0.2) is 4.79 Å². The van der Waals surface area contributed by atoms with E-state index in [2.05, 4.69) is 5.32 Å². The number of benzene rings is 3. The van der Waals surface area contributed by atoms with Crippen LogP contribution in [-0.4, -0.2) is 32.7 Å². The molecule has 0 saturated heterocycles. The molecular formula is C24H23NO6. The van der Waals surface area contributed by atoms with Crippen molar-refractivity contribution in [1.82, 2.24) is 0 Å². The minimum absolute atomic E-state index is 0.346. The number of methoxy groups -OCH3 is 2. The second-order valence-corrected chi connectivity index (χ2v) is 6.49. The molecule has 0 heterocycles. The number of anilines is 1. The third kappa shape index (κ3) is 6.24. The van der Waals surface area contributed by atoms with Crippen molar-refractivity contribution >= 4 is 17.6 Å². The molecule has 0 spiro atoms. The van der Waals surface area contributed by atoms with E-state index in [9.17, 15) is 9.59 Å². The summed E-state index contributed by atoms with van der Waals surface area (Å²) >= 11 is 0. The highest BCUT2D eigenvalue weighted by atomic mass is 16.5. The Balaban J connectivity index is 1.49. The second kappa shape index (κ2) is 10.7. The predicted octanol–water partition coefficient (Wildman–Crippen LogP) is 4.08. The molecule has 31 heavy (non-hydrogen) atoms. The molecule has 0 aromatic heterocycles. The van der Waals surface area contributed by atoms with E-state index < -0.39 is 18.5 Å². The summed E-state index contributed by atoms with van der Waals surface area (Å²) < 4.78 is 21.1. The minimum Gasteiger partial charge on any atom is -0.497 e. The molecule has 0 aliphatic heterocycles. The van der Waals surface area contributed by atoms with Crippen LogP contribution in [0.2, 0.25) is 0 Å². The van der Waals surface area contributed by atoms with Crippen LogP contribution < -0.4 is 19.5 Å². The first-order chi connectivity index (χ1) is 15.1. The zero-order valence-corrected chi connectivity index (χ0v) is 17.3. The molecule has 1 amide bonds. The van der Waals surface area contributed by atoms with E-state index in [4.69, 9.17) is 18.9 Å². The first kappa shape index (κ1) is 21.7. The lowest BCUT2D eigenvalue weighted by molar-refractivity contribution is -0.119. The number of carbonyl (C=O) groups excluding carboxylic acids is 2. The van der Waals surface area contributed by atoms with Crippen molar-refractivity contribution in [1.29, 1.82) is 0 Å². The SMILES string of the molecule is COc1ccc(NC(=O)COC(=O)c2ccc(COc3ccccc3)cc2)c(OC)c1. The van der Waals surface area contributed by atoms with Crippen molar-refractivity contribution < 1.29 is 28.5 Å². The number of hydrogen-bond donors (Lipinski definition) is 1. The molecule has 0 atom stereocenters. The molecule has 160 valence electrons. The fourth-order valence-corrected chi connectivity index (χ4v) is 2.72. The van der Waals surface area contributed by atoms with Crippen LogP contribution in [0.1, 0.15) is 15.9 Å². The monoisotopic (exact) mass is 421 g/mol. The molecule has 0 aliphatic rings. The summed E-state index contributed by atoms with van der Waals surface area (Å²) in [5, 5.41) is 2.65. The smallest absolute Gasteiger partial charge is 0.338 e. The Kier molecular flexibility index (Phi) is 7.48. The molecule has 3 aromatic carbocycles. The number of carbonyl (C=O) groups is 2. The van der Waals surface area contributed by atoms with Crippen molar-refractivity contribution in [3.05, 3.63) is 83.9 Å². The van der Waals surface area contributed by atoms with Gasteiger partial charge >= 0.3 is 5.97 Å². The van der Waals surface area contributed by atoms with E-state index in [1.807, 2.05) is 30.3 Å². The van der Waals surface area contributed by atoms with E-state index in [0.717, 1.165) is 11.3 Å². The van der Waals surface area contributed by atoms with Gasteiger partial charge in [0.1, 0.15) is 23.9 Å². The van der Waals surface area contributed by atoms with Crippen LogP contribution in [0.25, 0.3) is 0 Å². The summed E-state index contributed by atoms with van der Waals surface area (Å²) in [6.07, 6.45) is 0. The third-order valence-corrected chi connectivity index (χ3v) is 4.36. The summed E-state index contributed by atoms with van der Waals surface area (Å²) in [6, 6.07) is 21.3. The van der Waals surface area contributed by atoms with Gasteiger partial charge in [-0.15, -0.1) is 0 Å². The highest BCUT2D eigenvalue weighted by Crippen LogP contribution is 2.28. The molecule has 0 aliphatic carbocycles. The number of ether oxygens (including phenoxy) is 4. The van der Waals surface area contributed by atoms with E-state index in [-0.39, 0.29) is 0 Å². The lowest BCUT2D eigenvalue weighted by Crippen LogP contribution is -2.21. The molecule has 7 heteroatoms. The van der Waals surface area contributed by atoms with Crippen molar-refractivity contribution in [3.8, 4) is 17.2 Å². The highest BCUT2D eigenvalue weighted by Gasteiger charge is 2.13. The minimum atomic E-state index is -0.590. The highest BCUT2D eigenvalue weighted by molar-refractivity contribution is 5.96. The molecule has 0 unspecified atom stereocenters. The normalized spacial score (nSPS) is 10.1. The van der Waals surface area contributed by atoms with Crippen molar-refractivity contribution in [2.75, 3.05) is 26.1 Å². The summed E-state index contributed by atoms with van der Waals surface area (Å²) in [7, 11) is 3.02. The standard InChI is InChI=1S/C24H23NO6/c1-28-20-12-13-21(22(14-20)29-2)25-23(26)16-31-24(27)18-10-8-17(9-11-18)15-30-19-6-4-3-5-7-19/h3-14H,15-16H2,1-2H3,(H,25,26).